The van der Waals surface area contributed by atoms with Gasteiger partial charge in [0.05, 0.1) is 5.56 Å². The first-order valence-corrected chi connectivity index (χ1v) is 7.81. The Bertz CT molecular complexity index is 460. The van der Waals surface area contributed by atoms with Gasteiger partial charge < -0.3 is 16.0 Å². The summed E-state index contributed by atoms with van der Waals surface area (Å²) in [6, 6.07) is 3.89. The summed E-state index contributed by atoms with van der Waals surface area (Å²) in [5.74, 6) is 1.69. The van der Waals surface area contributed by atoms with Crippen LogP contribution in [0.1, 0.15) is 43.5 Å². The molecule has 0 saturated carbocycles. The highest BCUT2D eigenvalue weighted by atomic mass is 35.5. The Kier molecular flexibility index (Phi) is 10.2. The lowest BCUT2D eigenvalue weighted by atomic mass is 9.99. The molecule has 7 heteroatoms. The van der Waals surface area contributed by atoms with Crippen molar-refractivity contribution in [1.29, 1.82) is 0 Å². The number of nitrogens with zero attached hydrogens (tertiary/aromatic N) is 2. The first-order chi connectivity index (χ1) is 10.1. The lowest BCUT2D eigenvalue weighted by Crippen LogP contribution is -2.33. The van der Waals surface area contributed by atoms with Crippen molar-refractivity contribution in [1.82, 2.24) is 10.3 Å². The molecule has 1 aliphatic heterocycles. The summed E-state index contributed by atoms with van der Waals surface area (Å²) in [4.78, 5) is 18.7. The highest BCUT2D eigenvalue weighted by Crippen LogP contribution is 2.21. The van der Waals surface area contributed by atoms with Crippen molar-refractivity contribution < 1.29 is 4.79 Å². The number of hydrogen-bond acceptors (Lipinski definition) is 4. The predicted octanol–water partition coefficient (Wildman–Crippen LogP) is 2.63. The maximum absolute atomic E-state index is 12.0. The first-order valence-electron chi connectivity index (χ1n) is 7.81. The van der Waals surface area contributed by atoms with E-state index in [2.05, 4.69) is 22.1 Å². The summed E-state index contributed by atoms with van der Waals surface area (Å²) in [7, 11) is 0. The second kappa shape index (κ2) is 10.7. The van der Waals surface area contributed by atoms with Crippen molar-refractivity contribution in [3.8, 4) is 0 Å². The van der Waals surface area contributed by atoms with Gasteiger partial charge in [0.1, 0.15) is 5.82 Å². The quantitative estimate of drug-likeness (QED) is 0.844. The molecule has 2 heterocycles. The van der Waals surface area contributed by atoms with Crippen molar-refractivity contribution in [2.45, 2.75) is 39.2 Å². The first kappa shape index (κ1) is 22.0. The van der Waals surface area contributed by atoms with Crippen LogP contribution < -0.4 is 16.0 Å². The van der Waals surface area contributed by atoms with Crippen LogP contribution >= 0.6 is 24.8 Å². The molecular formula is C16H28Cl2N4O. The summed E-state index contributed by atoms with van der Waals surface area (Å²) < 4.78 is 0. The van der Waals surface area contributed by atoms with E-state index < -0.39 is 0 Å². The molecule has 0 bridgehead atoms. The maximum atomic E-state index is 12.0. The summed E-state index contributed by atoms with van der Waals surface area (Å²) >= 11 is 0. The third-order valence-electron chi connectivity index (χ3n) is 4.00. The van der Waals surface area contributed by atoms with E-state index in [4.69, 9.17) is 5.73 Å². The van der Waals surface area contributed by atoms with Crippen LogP contribution in [0.25, 0.3) is 0 Å². The van der Waals surface area contributed by atoms with Crippen molar-refractivity contribution in [3.05, 3.63) is 23.9 Å². The molecule has 1 atom stereocenters. The molecule has 0 aromatic carbocycles. The number of carbonyl (C=O) groups excluding carboxylic acids is 1. The molecule has 0 spiro atoms. The average Bonchev–Trinajstić information content (AvgIpc) is 2.48. The van der Waals surface area contributed by atoms with E-state index in [1.54, 1.807) is 6.20 Å². The lowest BCUT2D eigenvalue weighted by Gasteiger charge is -2.31. The van der Waals surface area contributed by atoms with Gasteiger partial charge in [0.2, 0.25) is 0 Å². The van der Waals surface area contributed by atoms with E-state index in [1.807, 2.05) is 19.1 Å². The molecule has 3 N–H and O–H groups in total. The monoisotopic (exact) mass is 362 g/mol. The van der Waals surface area contributed by atoms with E-state index in [0.29, 0.717) is 12.1 Å². The molecule has 1 unspecified atom stereocenters. The lowest BCUT2D eigenvalue weighted by molar-refractivity contribution is 0.0952. The molecule has 0 aliphatic carbocycles. The van der Waals surface area contributed by atoms with Crippen LogP contribution in [0, 0.1) is 5.92 Å². The number of piperidine rings is 1. The standard InChI is InChI=1S/C16H26N4O.2ClH/c1-12-6-9-20(10-7-12)15-4-3-14(11-19-15)16(21)18-8-5-13(2)17;;/h3-4,11-13H,5-10,17H2,1-2H3,(H,18,21);2*1H. The van der Waals surface area contributed by atoms with Gasteiger partial charge in [-0.3, -0.25) is 4.79 Å². The Morgan fingerprint density at radius 3 is 2.57 bits per heavy atom. The topological polar surface area (TPSA) is 71.2 Å². The molecule has 0 radical (unpaired) electrons. The number of aromatic nitrogens is 1. The normalized spacial score (nSPS) is 16.0. The smallest absolute Gasteiger partial charge is 0.252 e. The van der Waals surface area contributed by atoms with Gasteiger partial charge in [-0.15, -0.1) is 24.8 Å². The number of amides is 1. The van der Waals surface area contributed by atoms with Crippen LogP contribution in [0.2, 0.25) is 0 Å². The number of carbonyl (C=O) groups is 1. The number of pyridine rings is 1. The zero-order chi connectivity index (χ0) is 15.2. The van der Waals surface area contributed by atoms with Crippen LogP contribution in [0.15, 0.2) is 18.3 Å². The van der Waals surface area contributed by atoms with E-state index in [-0.39, 0.29) is 36.8 Å². The number of rotatable bonds is 5. The van der Waals surface area contributed by atoms with Gasteiger partial charge in [0.25, 0.3) is 5.91 Å². The van der Waals surface area contributed by atoms with E-state index in [1.165, 1.54) is 12.8 Å². The Labute approximate surface area is 151 Å². The third-order valence-corrected chi connectivity index (χ3v) is 4.00. The minimum absolute atomic E-state index is 0. The van der Waals surface area contributed by atoms with E-state index >= 15 is 0 Å². The zero-order valence-corrected chi connectivity index (χ0v) is 15.5. The second-order valence-electron chi connectivity index (χ2n) is 6.10. The minimum atomic E-state index is -0.0815. The second-order valence-corrected chi connectivity index (χ2v) is 6.10. The number of halogens is 2. The van der Waals surface area contributed by atoms with Gasteiger partial charge in [0.15, 0.2) is 0 Å². The van der Waals surface area contributed by atoms with Crippen molar-refractivity contribution in [2.24, 2.45) is 11.7 Å². The summed E-state index contributed by atoms with van der Waals surface area (Å²) in [6.45, 7) is 6.92. The van der Waals surface area contributed by atoms with Gasteiger partial charge in [-0.25, -0.2) is 4.98 Å². The fraction of sp³-hybridized carbons (Fsp3) is 0.625. The molecule has 2 rings (SSSR count). The van der Waals surface area contributed by atoms with Crippen molar-refractivity contribution in [2.75, 3.05) is 24.5 Å². The summed E-state index contributed by atoms with van der Waals surface area (Å²) in [5, 5.41) is 2.86. The molecule has 1 fully saturated rings. The summed E-state index contributed by atoms with van der Waals surface area (Å²) in [5.41, 5.74) is 6.27. The molecule has 23 heavy (non-hydrogen) atoms. The zero-order valence-electron chi connectivity index (χ0n) is 13.8. The number of hydrogen-bond donors (Lipinski definition) is 2. The van der Waals surface area contributed by atoms with E-state index in [9.17, 15) is 4.79 Å². The SMILES string of the molecule is CC(N)CCNC(=O)c1ccc(N2CCC(C)CC2)nc1.Cl.Cl. The molecule has 1 saturated heterocycles. The van der Waals surface area contributed by atoms with Crippen LogP contribution in [0.5, 0.6) is 0 Å². The van der Waals surface area contributed by atoms with Crippen LogP contribution in [0.3, 0.4) is 0 Å². The Hall–Kier alpha value is -1.04. The number of nitrogens with one attached hydrogen (secondary N) is 1. The summed E-state index contributed by atoms with van der Waals surface area (Å²) in [6.07, 6.45) is 4.86. The Balaban J connectivity index is 0.00000242. The molecule has 5 nitrogen and oxygen atoms in total. The minimum Gasteiger partial charge on any atom is -0.357 e. The number of anilines is 1. The molecule has 1 aliphatic rings. The van der Waals surface area contributed by atoms with Crippen LogP contribution in [0.4, 0.5) is 5.82 Å². The largest absolute Gasteiger partial charge is 0.357 e. The van der Waals surface area contributed by atoms with Crippen molar-refractivity contribution >= 4 is 36.5 Å². The highest BCUT2D eigenvalue weighted by molar-refractivity contribution is 5.94. The van der Waals surface area contributed by atoms with Gasteiger partial charge in [0, 0.05) is 31.9 Å². The Morgan fingerprint density at radius 2 is 2.04 bits per heavy atom. The fourth-order valence-electron chi connectivity index (χ4n) is 2.46. The van der Waals surface area contributed by atoms with Gasteiger partial charge in [-0.2, -0.15) is 0 Å². The maximum Gasteiger partial charge on any atom is 0.252 e. The average molecular weight is 363 g/mol. The van der Waals surface area contributed by atoms with Crippen LogP contribution in [-0.2, 0) is 0 Å². The van der Waals surface area contributed by atoms with E-state index in [0.717, 1.165) is 31.2 Å². The number of nitrogens with two attached hydrogens (primary N) is 1. The predicted molar refractivity (Wildman–Crippen MR) is 99.9 cm³/mol. The highest BCUT2D eigenvalue weighted by Gasteiger charge is 2.17. The van der Waals surface area contributed by atoms with Gasteiger partial charge in [-0.05, 0) is 44.2 Å². The van der Waals surface area contributed by atoms with Crippen LogP contribution in [-0.4, -0.2) is 36.6 Å². The molecule has 132 valence electrons. The Morgan fingerprint density at radius 1 is 1.39 bits per heavy atom. The molecule has 1 amide bonds. The molecule has 1 aromatic rings. The molecule has 1 aromatic heterocycles. The fourth-order valence-corrected chi connectivity index (χ4v) is 2.46. The van der Waals surface area contributed by atoms with Gasteiger partial charge in [-0.1, -0.05) is 6.92 Å². The van der Waals surface area contributed by atoms with Crippen molar-refractivity contribution in [3.63, 3.8) is 0 Å². The third kappa shape index (κ3) is 6.94. The van der Waals surface area contributed by atoms with Gasteiger partial charge >= 0.3 is 0 Å². The molecular weight excluding hydrogens is 335 g/mol.